The largest absolute Gasteiger partial charge is 0.379 e. The van der Waals surface area contributed by atoms with Gasteiger partial charge in [0.25, 0.3) is 0 Å². The summed E-state index contributed by atoms with van der Waals surface area (Å²) in [6, 6.07) is 16.8. The number of morpholine rings is 1. The van der Waals surface area contributed by atoms with Gasteiger partial charge in [-0.2, -0.15) is 0 Å². The van der Waals surface area contributed by atoms with Gasteiger partial charge < -0.3 is 15.0 Å². The van der Waals surface area contributed by atoms with Gasteiger partial charge in [-0.3, -0.25) is 9.69 Å². The number of thiazole rings is 1. The van der Waals surface area contributed by atoms with E-state index in [1.54, 1.807) is 11.3 Å². The molecule has 2 saturated heterocycles. The predicted octanol–water partition coefficient (Wildman–Crippen LogP) is 4.81. The fraction of sp³-hybridized carbons (Fsp3) is 0.407. The smallest absolute Gasteiger partial charge is 0.230 e. The lowest BCUT2D eigenvalue weighted by Crippen LogP contribution is -2.35. The standard InChI is InChI=1S/C27H32N4O2S/c32-26(28-23-7-9-25(10-8-23)31-11-2-1-3-12-31)18-24-20-34-27(29-24)22-6-4-5-21(17-22)19-30-13-15-33-16-14-30/h4-10,17,20H,1-3,11-16,18-19H2,(H,28,32). The van der Waals surface area contributed by atoms with Gasteiger partial charge in [-0.15, -0.1) is 11.3 Å². The van der Waals surface area contributed by atoms with Gasteiger partial charge in [0.15, 0.2) is 0 Å². The highest BCUT2D eigenvalue weighted by Crippen LogP contribution is 2.26. The molecule has 2 fully saturated rings. The highest BCUT2D eigenvalue weighted by molar-refractivity contribution is 7.13. The van der Waals surface area contributed by atoms with E-state index in [1.165, 1.54) is 30.5 Å². The van der Waals surface area contributed by atoms with E-state index in [1.807, 2.05) is 17.5 Å². The molecule has 1 amide bonds. The van der Waals surface area contributed by atoms with Crippen LogP contribution in [0.2, 0.25) is 0 Å². The number of anilines is 2. The van der Waals surface area contributed by atoms with E-state index in [-0.39, 0.29) is 12.3 Å². The minimum absolute atomic E-state index is 0.0383. The van der Waals surface area contributed by atoms with Gasteiger partial charge in [-0.05, 0) is 55.2 Å². The third-order valence-electron chi connectivity index (χ3n) is 6.45. The van der Waals surface area contributed by atoms with Crippen LogP contribution in [0.15, 0.2) is 53.9 Å². The van der Waals surface area contributed by atoms with Gasteiger partial charge in [0, 0.05) is 55.0 Å². The third kappa shape index (κ3) is 6.03. The molecule has 34 heavy (non-hydrogen) atoms. The van der Waals surface area contributed by atoms with Crippen molar-refractivity contribution in [3.05, 3.63) is 65.2 Å². The molecule has 0 atom stereocenters. The monoisotopic (exact) mass is 476 g/mol. The number of rotatable bonds is 7. The minimum Gasteiger partial charge on any atom is -0.379 e. The predicted molar refractivity (Wildman–Crippen MR) is 138 cm³/mol. The molecule has 5 rings (SSSR count). The SMILES string of the molecule is O=C(Cc1csc(-c2cccc(CN3CCOCC3)c2)n1)Nc1ccc(N2CCCCC2)cc1. The van der Waals surface area contributed by atoms with E-state index in [4.69, 9.17) is 9.72 Å². The first-order chi connectivity index (χ1) is 16.7. The summed E-state index contributed by atoms with van der Waals surface area (Å²) in [6.45, 7) is 6.72. The van der Waals surface area contributed by atoms with Crippen molar-refractivity contribution in [1.29, 1.82) is 0 Å². The summed E-state index contributed by atoms with van der Waals surface area (Å²) in [5.41, 5.74) is 5.26. The summed E-state index contributed by atoms with van der Waals surface area (Å²) in [6.07, 6.45) is 4.11. The van der Waals surface area contributed by atoms with Crippen LogP contribution >= 0.6 is 11.3 Å². The maximum Gasteiger partial charge on any atom is 0.230 e. The molecule has 2 aliphatic rings. The fourth-order valence-corrected chi connectivity index (χ4v) is 5.44. The Bertz CT molecular complexity index is 1090. The molecule has 3 heterocycles. The molecule has 7 heteroatoms. The summed E-state index contributed by atoms with van der Waals surface area (Å²) in [7, 11) is 0. The van der Waals surface area contributed by atoms with E-state index >= 15 is 0 Å². The zero-order chi connectivity index (χ0) is 23.2. The van der Waals surface area contributed by atoms with E-state index in [9.17, 15) is 4.79 Å². The first-order valence-corrected chi connectivity index (χ1v) is 13.1. The van der Waals surface area contributed by atoms with Crippen molar-refractivity contribution < 1.29 is 9.53 Å². The first-order valence-electron chi connectivity index (χ1n) is 12.2. The molecule has 0 unspecified atom stereocenters. The number of nitrogens with one attached hydrogen (secondary N) is 1. The molecular weight excluding hydrogens is 444 g/mol. The van der Waals surface area contributed by atoms with Crippen LogP contribution in [-0.4, -0.2) is 55.2 Å². The lowest BCUT2D eigenvalue weighted by atomic mass is 10.1. The number of amides is 1. The summed E-state index contributed by atoms with van der Waals surface area (Å²) in [5.74, 6) is -0.0383. The summed E-state index contributed by atoms with van der Waals surface area (Å²) < 4.78 is 5.45. The Morgan fingerprint density at radius 2 is 1.79 bits per heavy atom. The van der Waals surface area contributed by atoms with Gasteiger partial charge in [-0.1, -0.05) is 18.2 Å². The first kappa shape index (κ1) is 23.0. The molecule has 1 N–H and O–H groups in total. The number of hydrogen-bond donors (Lipinski definition) is 1. The van der Waals surface area contributed by atoms with E-state index in [0.29, 0.717) is 0 Å². The molecule has 0 saturated carbocycles. The van der Waals surface area contributed by atoms with Crippen LogP contribution in [0.3, 0.4) is 0 Å². The Balaban J connectivity index is 1.16. The lowest BCUT2D eigenvalue weighted by Gasteiger charge is -2.28. The molecule has 3 aromatic rings. The van der Waals surface area contributed by atoms with E-state index in [2.05, 4.69) is 51.5 Å². The van der Waals surface area contributed by atoms with Crippen molar-refractivity contribution in [2.75, 3.05) is 49.6 Å². The van der Waals surface area contributed by atoms with Crippen molar-refractivity contribution in [1.82, 2.24) is 9.88 Å². The van der Waals surface area contributed by atoms with Crippen molar-refractivity contribution in [3.8, 4) is 10.6 Å². The van der Waals surface area contributed by atoms with Crippen LogP contribution in [-0.2, 0) is 22.5 Å². The fourth-order valence-electron chi connectivity index (χ4n) is 4.62. The summed E-state index contributed by atoms with van der Waals surface area (Å²) >= 11 is 1.59. The van der Waals surface area contributed by atoms with Crippen LogP contribution in [0.4, 0.5) is 11.4 Å². The number of ether oxygens (including phenoxy) is 1. The zero-order valence-electron chi connectivity index (χ0n) is 19.5. The average Bonchev–Trinajstić information content (AvgIpc) is 3.34. The second-order valence-electron chi connectivity index (χ2n) is 9.05. The maximum atomic E-state index is 12.6. The van der Waals surface area contributed by atoms with Crippen LogP contribution in [0.25, 0.3) is 10.6 Å². The quantitative estimate of drug-likeness (QED) is 0.530. The van der Waals surface area contributed by atoms with Gasteiger partial charge in [0.05, 0.1) is 25.3 Å². The average molecular weight is 477 g/mol. The van der Waals surface area contributed by atoms with Crippen molar-refractivity contribution in [2.45, 2.75) is 32.2 Å². The zero-order valence-corrected chi connectivity index (χ0v) is 20.4. The van der Waals surface area contributed by atoms with Crippen LogP contribution in [0.1, 0.15) is 30.5 Å². The number of aromatic nitrogens is 1. The number of carbonyl (C=O) groups is 1. The topological polar surface area (TPSA) is 57.7 Å². The van der Waals surface area contributed by atoms with Crippen LogP contribution in [0, 0.1) is 0 Å². The van der Waals surface area contributed by atoms with Gasteiger partial charge in [0.2, 0.25) is 5.91 Å². The summed E-state index contributed by atoms with van der Waals surface area (Å²) in [4.78, 5) is 22.2. The molecule has 0 aliphatic carbocycles. The highest BCUT2D eigenvalue weighted by atomic mass is 32.1. The minimum atomic E-state index is -0.0383. The molecule has 6 nitrogen and oxygen atoms in total. The van der Waals surface area contributed by atoms with E-state index < -0.39 is 0 Å². The molecule has 2 aliphatic heterocycles. The Kier molecular flexibility index (Phi) is 7.53. The molecule has 0 bridgehead atoms. The van der Waals surface area contributed by atoms with Gasteiger partial charge >= 0.3 is 0 Å². The van der Waals surface area contributed by atoms with Gasteiger partial charge in [-0.25, -0.2) is 4.98 Å². The Labute approximate surface area is 205 Å². The van der Waals surface area contributed by atoms with Gasteiger partial charge in [0.1, 0.15) is 5.01 Å². The Morgan fingerprint density at radius 1 is 1.00 bits per heavy atom. The molecule has 0 spiro atoms. The number of benzene rings is 2. The van der Waals surface area contributed by atoms with Crippen molar-refractivity contribution in [3.63, 3.8) is 0 Å². The molecule has 2 aromatic carbocycles. The lowest BCUT2D eigenvalue weighted by molar-refractivity contribution is -0.115. The molecule has 0 radical (unpaired) electrons. The third-order valence-corrected chi connectivity index (χ3v) is 7.39. The number of nitrogens with zero attached hydrogens (tertiary/aromatic N) is 3. The number of piperidine rings is 1. The van der Waals surface area contributed by atoms with Crippen LogP contribution < -0.4 is 10.2 Å². The molecule has 178 valence electrons. The second-order valence-corrected chi connectivity index (χ2v) is 9.91. The van der Waals surface area contributed by atoms with Crippen molar-refractivity contribution >= 4 is 28.6 Å². The Morgan fingerprint density at radius 3 is 2.59 bits per heavy atom. The Hall–Kier alpha value is -2.74. The number of carbonyl (C=O) groups excluding carboxylic acids is 1. The maximum absolute atomic E-state index is 12.6. The summed E-state index contributed by atoms with van der Waals surface area (Å²) in [5, 5.41) is 5.96. The molecular formula is C27H32N4O2S. The van der Waals surface area contributed by atoms with Crippen LogP contribution in [0.5, 0.6) is 0 Å². The number of hydrogen-bond acceptors (Lipinski definition) is 6. The molecule has 1 aromatic heterocycles. The van der Waals surface area contributed by atoms with E-state index in [0.717, 1.165) is 67.9 Å². The normalized spacial score (nSPS) is 17.0. The van der Waals surface area contributed by atoms with Crippen molar-refractivity contribution in [2.24, 2.45) is 0 Å². The highest BCUT2D eigenvalue weighted by Gasteiger charge is 2.14. The second kappa shape index (κ2) is 11.1.